The lowest BCUT2D eigenvalue weighted by Gasteiger charge is -2.41. The van der Waals surface area contributed by atoms with E-state index < -0.39 is 21.5 Å². The van der Waals surface area contributed by atoms with Crippen LogP contribution in [0.3, 0.4) is 0 Å². The molecule has 0 bridgehead atoms. The molecule has 3 heterocycles. The smallest absolute Gasteiger partial charge is 0.274 e. The zero-order valence-corrected chi connectivity index (χ0v) is 22.1. The third-order valence-corrected chi connectivity index (χ3v) is 10.9. The molecule has 0 amide bonds. The number of thiophene rings is 2. The number of rotatable bonds is 10. The zero-order chi connectivity index (χ0) is 23.6. The van der Waals surface area contributed by atoms with Gasteiger partial charge in [-0.05, 0) is 43.8 Å². The average Bonchev–Trinajstić information content (AvgIpc) is 3.45. The van der Waals surface area contributed by atoms with Gasteiger partial charge in [-0.2, -0.15) is 8.42 Å². The molecule has 1 unspecified atom stereocenters. The highest BCUT2D eigenvalue weighted by Gasteiger charge is 2.37. The van der Waals surface area contributed by atoms with E-state index in [1.54, 1.807) is 11.3 Å². The van der Waals surface area contributed by atoms with E-state index in [4.69, 9.17) is 4.18 Å². The van der Waals surface area contributed by atoms with Crippen molar-refractivity contribution < 1.29 is 12.6 Å². The Bertz CT molecular complexity index is 1070. The molecule has 0 aromatic carbocycles. The summed E-state index contributed by atoms with van der Waals surface area (Å²) in [6.45, 7) is 14.7. The van der Waals surface area contributed by atoms with E-state index in [-0.39, 0.29) is 12.0 Å². The molecular weight excluding hydrogens is 472 g/mol. The molecule has 5 nitrogen and oxygen atoms in total. The van der Waals surface area contributed by atoms with Crippen LogP contribution in [-0.2, 0) is 20.8 Å². The number of piperazine rings is 1. The van der Waals surface area contributed by atoms with Crippen LogP contribution in [0.1, 0.15) is 32.1 Å². The molecule has 8 heteroatoms. The molecule has 2 aromatic rings. The van der Waals surface area contributed by atoms with Crippen molar-refractivity contribution in [2.24, 2.45) is 5.92 Å². The van der Waals surface area contributed by atoms with Crippen LogP contribution in [0.15, 0.2) is 53.9 Å². The van der Waals surface area contributed by atoms with Crippen LogP contribution in [0, 0.1) is 5.92 Å². The predicted octanol–water partition coefficient (Wildman–Crippen LogP) is 5.24. The number of hydrogen-bond acceptors (Lipinski definition) is 7. The Morgan fingerprint density at radius 1 is 1.18 bits per heavy atom. The van der Waals surface area contributed by atoms with Crippen molar-refractivity contribution in [2.75, 3.05) is 26.2 Å². The Morgan fingerprint density at radius 3 is 2.52 bits per heavy atom. The zero-order valence-electron chi connectivity index (χ0n) is 19.6. The molecule has 0 spiro atoms. The predicted molar refractivity (Wildman–Crippen MR) is 139 cm³/mol. The first kappa shape index (κ1) is 24.8. The Kier molecular flexibility index (Phi) is 7.93. The molecule has 4 atom stereocenters. The molecule has 0 N–H and O–H groups in total. The van der Waals surface area contributed by atoms with Gasteiger partial charge in [0.15, 0.2) is 0 Å². The van der Waals surface area contributed by atoms with E-state index in [0.717, 1.165) is 38.3 Å². The van der Waals surface area contributed by atoms with Gasteiger partial charge >= 0.3 is 0 Å². The number of hydrogen-bond donors (Lipinski definition) is 0. The fourth-order valence-electron chi connectivity index (χ4n) is 4.59. The van der Waals surface area contributed by atoms with Crippen molar-refractivity contribution in [3.63, 3.8) is 0 Å². The quantitative estimate of drug-likeness (QED) is 0.326. The second-order valence-corrected chi connectivity index (χ2v) is 13.0. The molecule has 0 radical (unpaired) electrons. The standard InChI is InChI=1S/C25H34N2O3S3/c1-5-22(19(3)20(4)30-33(28,29)25-11-8-18(25)2)27-14-12-26(13-15-27)17-21-9-10-24(32-21)23-7-6-16-31-23/h5-10,16,19-20,22,25H,1,11-15,17H2,2-4H3/t19-,20-,22?,25+/m0/s1. The summed E-state index contributed by atoms with van der Waals surface area (Å²) in [6.07, 6.45) is 4.06. The molecular formula is C25H34N2O3S3. The maximum Gasteiger partial charge on any atom is 0.274 e. The fourth-order valence-corrected chi connectivity index (χ4v) is 8.09. The van der Waals surface area contributed by atoms with E-state index in [1.165, 1.54) is 14.6 Å². The Hall–Kier alpha value is -1.29. The Balaban J connectivity index is 1.29. The lowest BCUT2D eigenvalue weighted by Crippen LogP contribution is -2.52. The molecule has 1 aliphatic carbocycles. The maximum atomic E-state index is 12.6. The molecule has 1 saturated heterocycles. The van der Waals surface area contributed by atoms with Crippen molar-refractivity contribution >= 4 is 32.8 Å². The topological polar surface area (TPSA) is 49.9 Å². The fraction of sp³-hybridized carbons (Fsp3) is 0.520. The highest BCUT2D eigenvalue weighted by Crippen LogP contribution is 2.33. The second kappa shape index (κ2) is 10.5. The molecule has 0 saturated carbocycles. The first-order valence-corrected chi connectivity index (χ1v) is 14.8. The summed E-state index contributed by atoms with van der Waals surface area (Å²) in [5.41, 5.74) is 0.888. The van der Waals surface area contributed by atoms with Gasteiger partial charge in [-0.3, -0.25) is 14.0 Å². The lowest BCUT2D eigenvalue weighted by atomic mass is 9.94. The summed E-state index contributed by atoms with van der Waals surface area (Å²) >= 11 is 3.67. The molecule has 4 rings (SSSR count). The first-order valence-electron chi connectivity index (χ1n) is 11.6. The van der Waals surface area contributed by atoms with Crippen molar-refractivity contribution in [3.8, 4) is 9.75 Å². The molecule has 33 heavy (non-hydrogen) atoms. The van der Waals surface area contributed by atoms with Crippen molar-refractivity contribution in [1.82, 2.24) is 9.80 Å². The van der Waals surface area contributed by atoms with Gasteiger partial charge in [0.2, 0.25) is 0 Å². The van der Waals surface area contributed by atoms with Crippen molar-refractivity contribution in [2.45, 2.75) is 51.1 Å². The van der Waals surface area contributed by atoms with Crippen LogP contribution in [0.4, 0.5) is 0 Å². The minimum absolute atomic E-state index is 0.0267. The highest BCUT2D eigenvalue weighted by atomic mass is 32.2. The van der Waals surface area contributed by atoms with Crippen molar-refractivity contribution in [1.29, 1.82) is 0 Å². The van der Waals surface area contributed by atoms with Crippen LogP contribution in [0.2, 0.25) is 0 Å². The molecule has 2 aliphatic rings. The maximum absolute atomic E-state index is 12.6. The monoisotopic (exact) mass is 506 g/mol. The van der Waals surface area contributed by atoms with Crippen LogP contribution < -0.4 is 0 Å². The molecule has 1 aliphatic heterocycles. The van der Waals surface area contributed by atoms with Gasteiger partial charge in [-0.15, -0.1) is 29.3 Å². The summed E-state index contributed by atoms with van der Waals surface area (Å²) in [7, 11) is -3.57. The van der Waals surface area contributed by atoms with Gasteiger partial charge in [-0.1, -0.05) is 30.7 Å². The normalized spacial score (nSPS) is 22.9. The molecule has 1 fully saturated rings. The summed E-state index contributed by atoms with van der Waals surface area (Å²) < 4.78 is 30.9. The first-order chi connectivity index (χ1) is 15.8. The Morgan fingerprint density at radius 2 is 1.94 bits per heavy atom. The highest BCUT2D eigenvalue weighted by molar-refractivity contribution is 7.87. The van der Waals surface area contributed by atoms with Crippen LogP contribution >= 0.6 is 22.7 Å². The van der Waals surface area contributed by atoms with Crippen LogP contribution in [0.5, 0.6) is 0 Å². The minimum atomic E-state index is -3.57. The van der Waals surface area contributed by atoms with Gasteiger partial charge in [0.25, 0.3) is 10.1 Å². The third kappa shape index (κ3) is 5.69. The SMILES string of the molecule is C=CC([C@@H](C)[C@H](C)OS(=O)(=O)[C@@H]1CC=C1C)N1CCN(Cc2ccc(-c3cccs3)s2)CC1. The van der Waals surface area contributed by atoms with E-state index in [2.05, 4.69) is 52.9 Å². The summed E-state index contributed by atoms with van der Waals surface area (Å²) in [6, 6.07) is 8.84. The largest absolute Gasteiger partial charge is 0.296 e. The molecule has 2 aromatic heterocycles. The van der Waals surface area contributed by atoms with E-state index in [9.17, 15) is 8.42 Å². The number of nitrogens with zero attached hydrogens (tertiary/aromatic N) is 2. The minimum Gasteiger partial charge on any atom is -0.296 e. The van der Waals surface area contributed by atoms with Crippen molar-refractivity contribution in [3.05, 3.63) is 58.8 Å². The van der Waals surface area contributed by atoms with Gasteiger partial charge in [-0.25, -0.2) is 0 Å². The van der Waals surface area contributed by atoms with E-state index in [1.807, 2.05) is 37.3 Å². The Labute approximate surface area is 206 Å². The summed E-state index contributed by atoms with van der Waals surface area (Å²) in [5, 5.41) is 1.65. The van der Waals surface area contributed by atoms with Gasteiger partial charge in [0.1, 0.15) is 5.25 Å². The van der Waals surface area contributed by atoms with Crippen LogP contribution in [0.25, 0.3) is 9.75 Å². The van der Waals surface area contributed by atoms with E-state index >= 15 is 0 Å². The summed E-state index contributed by atoms with van der Waals surface area (Å²) in [4.78, 5) is 8.99. The number of allylic oxidation sites excluding steroid dienone is 1. The lowest BCUT2D eigenvalue weighted by molar-refractivity contribution is 0.0552. The van der Waals surface area contributed by atoms with Gasteiger partial charge in [0.05, 0.1) is 6.10 Å². The third-order valence-electron chi connectivity index (χ3n) is 6.95. The average molecular weight is 507 g/mol. The summed E-state index contributed by atoms with van der Waals surface area (Å²) in [5.74, 6) is 0.0267. The van der Waals surface area contributed by atoms with Gasteiger partial charge in [0, 0.05) is 59.3 Å². The molecule has 180 valence electrons. The second-order valence-electron chi connectivity index (χ2n) is 9.11. The van der Waals surface area contributed by atoms with Gasteiger partial charge < -0.3 is 0 Å². The van der Waals surface area contributed by atoms with E-state index in [0.29, 0.717) is 6.42 Å². The van der Waals surface area contributed by atoms with Crippen LogP contribution in [-0.4, -0.2) is 61.8 Å².